The van der Waals surface area contributed by atoms with Gasteiger partial charge >= 0.3 is 6.36 Å². The Hall–Kier alpha value is -1.64. The third-order valence-corrected chi connectivity index (χ3v) is 2.72. The van der Waals surface area contributed by atoms with Gasteiger partial charge in [0.2, 0.25) is 0 Å². The smallest absolute Gasteiger partial charge is 0.409 e. The summed E-state index contributed by atoms with van der Waals surface area (Å²) in [7, 11) is 0. The molecular weight excluding hydrogens is 331 g/mol. The molecule has 0 saturated carbocycles. The van der Waals surface area contributed by atoms with Gasteiger partial charge in [-0.1, -0.05) is 5.16 Å². The average molecular weight is 342 g/mol. The first-order chi connectivity index (χ1) is 8.73. The summed E-state index contributed by atoms with van der Waals surface area (Å²) in [5.74, 6) is -0.402. The topological polar surface area (TPSA) is 79.9 Å². The largest absolute Gasteiger partial charge is 0.573 e. The van der Waals surface area contributed by atoms with E-state index in [-0.39, 0.29) is 16.1 Å². The summed E-state index contributed by atoms with van der Waals surface area (Å²) < 4.78 is 40.1. The lowest BCUT2D eigenvalue weighted by Gasteiger charge is -2.15. The van der Waals surface area contributed by atoms with E-state index in [1.165, 1.54) is 12.1 Å². The lowest BCUT2D eigenvalue weighted by molar-refractivity contribution is -0.274. The van der Waals surface area contributed by atoms with Crippen LogP contribution in [0.5, 0.6) is 5.75 Å². The van der Waals surface area contributed by atoms with Crippen LogP contribution in [0.3, 0.4) is 0 Å². The number of halogens is 4. The van der Waals surface area contributed by atoms with Crippen LogP contribution in [0.1, 0.15) is 6.92 Å². The molecule has 0 fully saturated rings. The molecule has 0 aliphatic carbocycles. The van der Waals surface area contributed by atoms with E-state index in [0.717, 1.165) is 6.07 Å². The minimum absolute atomic E-state index is 0.0493. The maximum absolute atomic E-state index is 12.1. The quantitative estimate of drug-likeness (QED) is 0.340. The van der Waals surface area contributed by atoms with Crippen LogP contribution in [0.4, 0.5) is 18.9 Å². The first-order valence-corrected chi connectivity index (χ1v) is 5.81. The monoisotopic (exact) mass is 341 g/mol. The van der Waals surface area contributed by atoms with E-state index in [9.17, 15) is 13.2 Å². The predicted octanol–water partition coefficient (Wildman–Crippen LogP) is 2.89. The summed E-state index contributed by atoms with van der Waals surface area (Å²) >= 11 is 2.97. The number of hydrogen-bond donors (Lipinski definition) is 3. The third kappa shape index (κ3) is 4.86. The van der Waals surface area contributed by atoms with Gasteiger partial charge in [0, 0.05) is 5.69 Å². The molecule has 5 nitrogen and oxygen atoms in total. The van der Waals surface area contributed by atoms with E-state index in [4.69, 9.17) is 10.9 Å². The van der Waals surface area contributed by atoms with Crippen LogP contribution in [0.15, 0.2) is 27.8 Å². The molecule has 0 spiro atoms. The van der Waals surface area contributed by atoms with Crippen LogP contribution < -0.4 is 15.8 Å². The molecule has 19 heavy (non-hydrogen) atoms. The Morgan fingerprint density at radius 3 is 2.63 bits per heavy atom. The van der Waals surface area contributed by atoms with E-state index in [2.05, 4.69) is 31.1 Å². The summed E-state index contributed by atoms with van der Waals surface area (Å²) in [6, 6.07) is 3.44. The van der Waals surface area contributed by atoms with E-state index in [1.807, 2.05) is 0 Å². The van der Waals surface area contributed by atoms with Crippen molar-refractivity contribution in [3.8, 4) is 5.75 Å². The Labute approximate surface area is 115 Å². The molecule has 0 aliphatic rings. The molecule has 0 amide bonds. The molecule has 0 saturated heterocycles. The summed E-state index contributed by atoms with van der Waals surface area (Å²) in [6.45, 7) is 1.63. The molecule has 1 aromatic carbocycles. The highest BCUT2D eigenvalue weighted by Crippen LogP contribution is 2.32. The Morgan fingerprint density at radius 2 is 2.16 bits per heavy atom. The standard InChI is InChI=1S/C10H11BrF3N3O2/c1-5(9(15)17-18)16-6-2-3-8(7(11)4-6)19-10(12,13)14/h2-5,16,18H,1H3,(H2,15,17). The molecule has 1 rings (SSSR count). The lowest BCUT2D eigenvalue weighted by atomic mass is 10.2. The number of hydrogen-bond acceptors (Lipinski definition) is 4. The van der Waals surface area contributed by atoms with Crippen molar-refractivity contribution in [3.05, 3.63) is 22.7 Å². The number of nitrogens with two attached hydrogens (primary N) is 1. The lowest BCUT2D eigenvalue weighted by Crippen LogP contribution is -2.32. The molecule has 0 radical (unpaired) electrons. The predicted molar refractivity (Wildman–Crippen MR) is 67.3 cm³/mol. The van der Waals surface area contributed by atoms with Crippen molar-refractivity contribution >= 4 is 27.5 Å². The molecule has 9 heteroatoms. The van der Waals surface area contributed by atoms with Crippen molar-refractivity contribution in [2.45, 2.75) is 19.3 Å². The number of alkyl halides is 3. The van der Waals surface area contributed by atoms with Crippen LogP contribution in [0.25, 0.3) is 0 Å². The molecule has 0 aromatic heterocycles. The molecule has 106 valence electrons. The van der Waals surface area contributed by atoms with Crippen LogP contribution in [-0.4, -0.2) is 23.4 Å². The zero-order chi connectivity index (χ0) is 14.6. The molecule has 1 unspecified atom stereocenters. The molecule has 0 heterocycles. The summed E-state index contributed by atoms with van der Waals surface area (Å²) in [4.78, 5) is 0. The molecule has 1 aromatic rings. The first-order valence-electron chi connectivity index (χ1n) is 5.02. The molecule has 1 atom stereocenters. The number of nitrogens with zero attached hydrogens (tertiary/aromatic N) is 1. The highest BCUT2D eigenvalue weighted by atomic mass is 79.9. The summed E-state index contributed by atoms with van der Waals surface area (Å²) in [6.07, 6.45) is -4.75. The second-order valence-electron chi connectivity index (χ2n) is 3.58. The maximum atomic E-state index is 12.1. The number of nitrogens with one attached hydrogen (secondary N) is 1. The minimum Gasteiger partial charge on any atom is -0.409 e. The fraction of sp³-hybridized carbons (Fsp3) is 0.300. The second kappa shape index (κ2) is 6.00. The van der Waals surface area contributed by atoms with Gasteiger partial charge in [0.25, 0.3) is 0 Å². The third-order valence-electron chi connectivity index (χ3n) is 2.10. The zero-order valence-corrected chi connectivity index (χ0v) is 11.3. The molecule has 0 bridgehead atoms. The summed E-state index contributed by atoms with van der Waals surface area (Å²) in [5.41, 5.74) is 5.85. The van der Waals surface area contributed by atoms with Gasteiger partial charge in [-0.2, -0.15) is 0 Å². The van der Waals surface area contributed by atoms with E-state index < -0.39 is 12.4 Å². The maximum Gasteiger partial charge on any atom is 0.573 e. The fourth-order valence-corrected chi connectivity index (χ4v) is 1.67. The fourth-order valence-electron chi connectivity index (χ4n) is 1.21. The molecular formula is C10H11BrF3N3O2. The number of anilines is 1. The number of rotatable bonds is 4. The van der Waals surface area contributed by atoms with Crippen LogP contribution >= 0.6 is 15.9 Å². The van der Waals surface area contributed by atoms with Crippen LogP contribution in [-0.2, 0) is 0 Å². The van der Waals surface area contributed by atoms with E-state index in [0.29, 0.717) is 5.69 Å². The highest BCUT2D eigenvalue weighted by molar-refractivity contribution is 9.10. The van der Waals surface area contributed by atoms with Crippen molar-refractivity contribution in [1.29, 1.82) is 0 Å². The van der Waals surface area contributed by atoms with Gasteiger partial charge in [-0.25, -0.2) is 0 Å². The number of benzene rings is 1. The first kappa shape index (κ1) is 15.4. The van der Waals surface area contributed by atoms with E-state index in [1.54, 1.807) is 6.92 Å². The minimum atomic E-state index is -4.75. The average Bonchev–Trinajstić information content (AvgIpc) is 2.30. The van der Waals surface area contributed by atoms with Gasteiger partial charge in [-0.3, -0.25) is 0 Å². The number of amidine groups is 1. The van der Waals surface area contributed by atoms with Gasteiger partial charge in [-0.15, -0.1) is 13.2 Å². The SMILES string of the molecule is CC(Nc1ccc(OC(F)(F)F)c(Br)c1)/C(N)=N/O. The van der Waals surface area contributed by atoms with Crippen molar-refractivity contribution in [1.82, 2.24) is 0 Å². The molecule has 0 aliphatic heterocycles. The normalized spacial score (nSPS) is 14.1. The zero-order valence-electron chi connectivity index (χ0n) is 9.70. The van der Waals surface area contributed by atoms with Gasteiger partial charge in [0.1, 0.15) is 5.75 Å². The van der Waals surface area contributed by atoms with Gasteiger partial charge in [-0.05, 0) is 41.1 Å². The Bertz CT molecular complexity index is 480. The number of oxime groups is 1. The van der Waals surface area contributed by atoms with Crippen molar-refractivity contribution in [3.63, 3.8) is 0 Å². The van der Waals surface area contributed by atoms with Gasteiger partial charge in [0.15, 0.2) is 5.84 Å². The van der Waals surface area contributed by atoms with Gasteiger partial charge < -0.3 is 21.0 Å². The Morgan fingerprint density at radius 1 is 1.53 bits per heavy atom. The number of ether oxygens (including phenoxy) is 1. The second-order valence-corrected chi connectivity index (χ2v) is 4.44. The van der Waals surface area contributed by atoms with E-state index >= 15 is 0 Å². The van der Waals surface area contributed by atoms with Crippen molar-refractivity contribution < 1.29 is 23.1 Å². The van der Waals surface area contributed by atoms with Crippen LogP contribution in [0.2, 0.25) is 0 Å². The Kier molecular flexibility index (Phi) is 4.87. The summed E-state index contributed by atoms with van der Waals surface area (Å²) in [5, 5.41) is 14.1. The highest BCUT2D eigenvalue weighted by Gasteiger charge is 2.31. The van der Waals surface area contributed by atoms with Crippen LogP contribution in [0, 0.1) is 0 Å². The van der Waals surface area contributed by atoms with Gasteiger partial charge in [0.05, 0.1) is 10.5 Å². The van der Waals surface area contributed by atoms with Crippen molar-refractivity contribution in [2.24, 2.45) is 10.9 Å². The van der Waals surface area contributed by atoms with Crippen molar-refractivity contribution in [2.75, 3.05) is 5.32 Å². The Balaban J connectivity index is 2.83. The molecule has 4 N–H and O–H groups in total.